The van der Waals surface area contributed by atoms with Crippen LogP contribution in [0.1, 0.15) is 12.5 Å². The van der Waals surface area contributed by atoms with Crippen LogP contribution in [0.15, 0.2) is 28.6 Å². The highest BCUT2D eigenvalue weighted by atomic mass is 35.5. The Morgan fingerprint density at radius 1 is 1.33 bits per heavy atom. The minimum absolute atomic E-state index is 0.0110. The Morgan fingerprint density at radius 2 is 2.05 bits per heavy atom. The molecule has 0 aliphatic rings. The summed E-state index contributed by atoms with van der Waals surface area (Å²) in [6.45, 7) is 1.77. The SMILES string of the molecule is CCN(Cc1ccc(F)c(F)c1)S(=O)(=O)c1cnc(Cl)s1. The van der Waals surface area contributed by atoms with Gasteiger partial charge in [-0.2, -0.15) is 4.31 Å². The fourth-order valence-corrected chi connectivity index (χ4v) is 4.58. The molecule has 114 valence electrons. The first-order valence-electron chi connectivity index (χ1n) is 5.90. The van der Waals surface area contributed by atoms with Crippen molar-refractivity contribution in [3.63, 3.8) is 0 Å². The number of aromatic nitrogens is 1. The lowest BCUT2D eigenvalue weighted by atomic mass is 10.2. The molecular weight excluding hydrogens is 342 g/mol. The van der Waals surface area contributed by atoms with Gasteiger partial charge in [0.1, 0.15) is 0 Å². The minimum Gasteiger partial charge on any atom is -0.232 e. The van der Waals surface area contributed by atoms with E-state index in [9.17, 15) is 17.2 Å². The zero-order valence-electron chi connectivity index (χ0n) is 10.9. The third-order valence-corrected chi connectivity index (χ3v) is 6.22. The average Bonchev–Trinajstić information content (AvgIpc) is 2.87. The van der Waals surface area contributed by atoms with Gasteiger partial charge in [-0.1, -0.05) is 35.9 Å². The largest absolute Gasteiger partial charge is 0.254 e. The van der Waals surface area contributed by atoms with Crippen LogP contribution in [-0.2, 0) is 16.6 Å². The molecule has 0 atom stereocenters. The zero-order valence-corrected chi connectivity index (χ0v) is 13.3. The Morgan fingerprint density at radius 3 is 2.57 bits per heavy atom. The predicted molar refractivity (Wildman–Crippen MR) is 76.8 cm³/mol. The van der Waals surface area contributed by atoms with E-state index in [1.165, 1.54) is 12.3 Å². The van der Waals surface area contributed by atoms with Crippen LogP contribution in [-0.4, -0.2) is 24.3 Å². The zero-order chi connectivity index (χ0) is 15.6. The third-order valence-electron chi connectivity index (χ3n) is 2.75. The number of sulfonamides is 1. The van der Waals surface area contributed by atoms with E-state index in [4.69, 9.17) is 11.6 Å². The highest BCUT2D eigenvalue weighted by molar-refractivity contribution is 7.91. The topological polar surface area (TPSA) is 50.3 Å². The molecule has 0 aliphatic carbocycles. The van der Waals surface area contributed by atoms with Gasteiger partial charge in [0.05, 0.1) is 6.20 Å². The second kappa shape index (κ2) is 6.35. The normalized spacial score (nSPS) is 12.0. The van der Waals surface area contributed by atoms with Crippen LogP contribution in [0.4, 0.5) is 8.78 Å². The molecule has 1 heterocycles. The summed E-state index contributed by atoms with van der Waals surface area (Å²) in [5, 5.41) is 0. The molecule has 1 aromatic heterocycles. The fraction of sp³-hybridized carbons (Fsp3) is 0.250. The average molecular weight is 353 g/mol. The van der Waals surface area contributed by atoms with Crippen LogP contribution in [0.5, 0.6) is 0 Å². The molecule has 0 N–H and O–H groups in total. The summed E-state index contributed by atoms with van der Waals surface area (Å²) in [6, 6.07) is 3.29. The standard InChI is InChI=1S/C12H11ClF2N2O2S2/c1-2-17(7-8-3-4-9(14)10(15)5-8)21(18,19)11-6-16-12(13)20-11/h3-6H,2,7H2,1H3. The number of nitrogens with zero attached hydrogens (tertiary/aromatic N) is 2. The van der Waals surface area contributed by atoms with Gasteiger partial charge in [0, 0.05) is 13.1 Å². The Bertz CT molecular complexity index is 749. The molecule has 0 spiro atoms. The minimum atomic E-state index is -3.76. The molecule has 0 bridgehead atoms. The number of benzene rings is 1. The first-order chi connectivity index (χ1) is 9.84. The number of rotatable bonds is 5. The molecule has 0 unspecified atom stereocenters. The van der Waals surface area contributed by atoms with Crippen molar-refractivity contribution in [2.45, 2.75) is 17.7 Å². The van der Waals surface area contributed by atoms with Crippen LogP contribution in [0.3, 0.4) is 0 Å². The summed E-state index contributed by atoms with van der Waals surface area (Å²) in [5.41, 5.74) is 0.356. The van der Waals surface area contributed by atoms with Gasteiger partial charge < -0.3 is 0 Å². The summed E-state index contributed by atoms with van der Waals surface area (Å²) < 4.78 is 52.2. The van der Waals surface area contributed by atoms with Crippen molar-refractivity contribution < 1.29 is 17.2 Å². The van der Waals surface area contributed by atoms with Gasteiger partial charge in [0.2, 0.25) is 0 Å². The molecule has 0 saturated heterocycles. The summed E-state index contributed by atoms with van der Waals surface area (Å²) in [4.78, 5) is 3.70. The molecule has 2 rings (SSSR count). The van der Waals surface area contributed by atoms with E-state index in [-0.39, 0.29) is 21.8 Å². The van der Waals surface area contributed by atoms with Crippen LogP contribution in [0.2, 0.25) is 4.47 Å². The summed E-state index contributed by atoms with van der Waals surface area (Å²) in [5.74, 6) is -1.99. The smallest absolute Gasteiger partial charge is 0.232 e. The maximum absolute atomic E-state index is 13.2. The van der Waals surface area contributed by atoms with Gasteiger partial charge >= 0.3 is 0 Å². The van der Waals surface area contributed by atoms with E-state index in [1.807, 2.05) is 0 Å². The molecule has 9 heteroatoms. The lowest BCUT2D eigenvalue weighted by Crippen LogP contribution is -2.30. The van der Waals surface area contributed by atoms with E-state index in [1.54, 1.807) is 6.92 Å². The van der Waals surface area contributed by atoms with Crippen molar-refractivity contribution in [3.8, 4) is 0 Å². The highest BCUT2D eigenvalue weighted by Gasteiger charge is 2.25. The molecule has 4 nitrogen and oxygen atoms in total. The number of hydrogen-bond acceptors (Lipinski definition) is 4. The molecule has 0 fully saturated rings. The van der Waals surface area contributed by atoms with Gasteiger partial charge in [0.25, 0.3) is 10.0 Å². The van der Waals surface area contributed by atoms with Gasteiger partial charge in [-0.15, -0.1) is 0 Å². The summed E-state index contributed by atoms with van der Waals surface area (Å²) in [7, 11) is -3.76. The monoisotopic (exact) mass is 352 g/mol. The number of thiazole rings is 1. The first-order valence-corrected chi connectivity index (χ1v) is 8.53. The lowest BCUT2D eigenvalue weighted by Gasteiger charge is -2.19. The van der Waals surface area contributed by atoms with Crippen LogP contribution in [0.25, 0.3) is 0 Å². The van der Waals surface area contributed by atoms with Crippen LogP contribution < -0.4 is 0 Å². The van der Waals surface area contributed by atoms with E-state index in [0.29, 0.717) is 5.56 Å². The van der Waals surface area contributed by atoms with E-state index in [0.717, 1.165) is 27.8 Å². The van der Waals surface area contributed by atoms with Gasteiger partial charge in [-0.05, 0) is 17.7 Å². The second-order valence-corrected chi connectivity index (χ2v) is 7.89. The maximum atomic E-state index is 13.2. The first kappa shape index (κ1) is 16.3. The Hall–Kier alpha value is -1.09. The third kappa shape index (κ3) is 3.57. The molecule has 21 heavy (non-hydrogen) atoms. The van der Waals surface area contributed by atoms with E-state index in [2.05, 4.69) is 4.98 Å². The van der Waals surface area contributed by atoms with Crippen molar-refractivity contribution >= 4 is 33.0 Å². The molecule has 0 saturated carbocycles. The molecule has 1 aromatic carbocycles. The lowest BCUT2D eigenvalue weighted by molar-refractivity contribution is 0.422. The van der Waals surface area contributed by atoms with Gasteiger partial charge in [-0.3, -0.25) is 0 Å². The van der Waals surface area contributed by atoms with Crippen molar-refractivity contribution in [2.24, 2.45) is 0 Å². The number of hydrogen-bond donors (Lipinski definition) is 0. The fourth-order valence-electron chi connectivity index (χ4n) is 1.69. The Labute approximate surface area is 130 Å². The quantitative estimate of drug-likeness (QED) is 0.829. The van der Waals surface area contributed by atoms with Crippen molar-refractivity contribution in [1.29, 1.82) is 0 Å². The highest BCUT2D eigenvalue weighted by Crippen LogP contribution is 2.26. The van der Waals surface area contributed by atoms with Crippen molar-refractivity contribution in [3.05, 3.63) is 46.1 Å². The number of halogens is 3. The van der Waals surface area contributed by atoms with Crippen molar-refractivity contribution in [2.75, 3.05) is 6.54 Å². The van der Waals surface area contributed by atoms with Gasteiger partial charge in [-0.25, -0.2) is 22.2 Å². The van der Waals surface area contributed by atoms with E-state index >= 15 is 0 Å². The maximum Gasteiger partial charge on any atom is 0.254 e. The van der Waals surface area contributed by atoms with E-state index < -0.39 is 21.7 Å². The summed E-state index contributed by atoms with van der Waals surface area (Å²) >= 11 is 6.49. The molecule has 0 radical (unpaired) electrons. The molecular formula is C12H11ClF2N2O2S2. The molecule has 2 aromatic rings. The van der Waals surface area contributed by atoms with Crippen LogP contribution in [0, 0.1) is 11.6 Å². The van der Waals surface area contributed by atoms with Crippen LogP contribution >= 0.6 is 22.9 Å². The Balaban J connectivity index is 2.29. The van der Waals surface area contributed by atoms with Gasteiger partial charge in [0.15, 0.2) is 20.3 Å². The van der Waals surface area contributed by atoms with Crippen molar-refractivity contribution in [1.82, 2.24) is 9.29 Å². The Kier molecular flexibility index (Phi) is 4.92. The predicted octanol–water partition coefficient (Wildman–Crippen LogP) is 3.29. The molecule has 0 aliphatic heterocycles. The molecule has 0 amide bonds. The summed E-state index contributed by atoms with van der Waals surface area (Å²) in [6.07, 6.45) is 1.18. The second-order valence-electron chi connectivity index (χ2n) is 4.11.